The molecule has 0 fully saturated rings. The van der Waals surface area contributed by atoms with Gasteiger partial charge in [-0.05, 0) is 48.9 Å². The Morgan fingerprint density at radius 2 is 1.60 bits per heavy atom. The van der Waals surface area contributed by atoms with Gasteiger partial charge in [0.1, 0.15) is 29.8 Å². The minimum absolute atomic E-state index is 0.0602. The lowest BCUT2D eigenvalue weighted by atomic mass is 10.1. The summed E-state index contributed by atoms with van der Waals surface area (Å²) in [6, 6.07) is 7.34. The predicted octanol–water partition coefficient (Wildman–Crippen LogP) is 3.18. The molecule has 2 aromatic carbocycles. The van der Waals surface area contributed by atoms with Crippen LogP contribution < -0.4 is 10.5 Å². The van der Waals surface area contributed by atoms with E-state index in [0.717, 1.165) is 12.1 Å². The molecule has 0 heterocycles. The van der Waals surface area contributed by atoms with Crippen LogP contribution in [0.2, 0.25) is 0 Å². The van der Waals surface area contributed by atoms with Gasteiger partial charge in [0.05, 0.1) is 0 Å². The summed E-state index contributed by atoms with van der Waals surface area (Å²) in [6.07, 6.45) is 0.457. The molecule has 0 spiro atoms. The summed E-state index contributed by atoms with van der Waals surface area (Å²) in [5.41, 5.74) is 6.30. The van der Waals surface area contributed by atoms with E-state index in [0.29, 0.717) is 24.3 Å². The average molecular weight is 281 g/mol. The van der Waals surface area contributed by atoms with Crippen molar-refractivity contribution in [1.82, 2.24) is 0 Å². The van der Waals surface area contributed by atoms with Crippen molar-refractivity contribution in [3.8, 4) is 5.75 Å². The fraction of sp³-hybridized carbons (Fsp3) is 0.200. The van der Waals surface area contributed by atoms with Gasteiger partial charge in [-0.15, -0.1) is 0 Å². The Morgan fingerprint density at radius 3 is 2.30 bits per heavy atom. The monoisotopic (exact) mass is 281 g/mol. The van der Waals surface area contributed by atoms with E-state index in [1.54, 1.807) is 0 Å². The third-order valence-electron chi connectivity index (χ3n) is 2.83. The third-order valence-corrected chi connectivity index (χ3v) is 2.83. The van der Waals surface area contributed by atoms with Crippen LogP contribution in [0.1, 0.15) is 11.1 Å². The Labute approximate surface area is 115 Å². The van der Waals surface area contributed by atoms with Gasteiger partial charge in [-0.2, -0.15) is 0 Å². The van der Waals surface area contributed by atoms with Crippen LogP contribution in [0.15, 0.2) is 36.4 Å². The molecule has 0 aliphatic carbocycles. The molecule has 0 saturated carbocycles. The zero-order valence-electron chi connectivity index (χ0n) is 10.7. The SMILES string of the molecule is NCCc1cc(F)ccc1OCc1ccc(F)cc1F. The Hall–Kier alpha value is -2.01. The minimum atomic E-state index is -0.674. The van der Waals surface area contributed by atoms with Crippen molar-refractivity contribution in [2.24, 2.45) is 5.73 Å². The first-order valence-corrected chi connectivity index (χ1v) is 6.15. The Balaban J connectivity index is 2.14. The molecule has 0 aliphatic heterocycles. The summed E-state index contributed by atoms with van der Waals surface area (Å²) in [6.45, 7) is 0.292. The summed E-state index contributed by atoms with van der Waals surface area (Å²) in [4.78, 5) is 0. The Morgan fingerprint density at radius 1 is 0.900 bits per heavy atom. The summed E-state index contributed by atoms with van der Waals surface area (Å²) < 4.78 is 44.9. The fourth-order valence-electron chi connectivity index (χ4n) is 1.83. The number of ether oxygens (including phenoxy) is 1. The van der Waals surface area contributed by atoms with Gasteiger partial charge in [-0.1, -0.05) is 0 Å². The highest BCUT2D eigenvalue weighted by atomic mass is 19.1. The number of benzene rings is 2. The van der Waals surface area contributed by atoms with Gasteiger partial charge in [0, 0.05) is 11.6 Å². The first-order valence-electron chi connectivity index (χ1n) is 6.15. The Kier molecular flexibility index (Phi) is 4.63. The normalized spacial score (nSPS) is 10.6. The maximum Gasteiger partial charge on any atom is 0.132 e. The van der Waals surface area contributed by atoms with E-state index < -0.39 is 11.6 Å². The van der Waals surface area contributed by atoms with Crippen LogP contribution in [0, 0.1) is 17.5 Å². The molecule has 0 aliphatic rings. The molecule has 5 heteroatoms. The van der Waals surface area contributed by atoms with Gasteiger partial charge >= 0.3 is 0 Å². The molecule has 0 radical (unpaired) electrons. The van der Waals surface area contributed by atoms with Crippen molar-refractivity contribution in [1.29, 1.82) is 0 Å². The highest BCUT2D eigenvalue weighted by Gasteiger charge is 2.08. The highest BCUT2D eigenvalue weighted by molar-refractivity contribution is 5.34. The van der Waals surface area contributed by atoms with Gasteiger partial charge in [0.25, 0.3) is 0 Å². The zero-order chi connectivity index (χ0) is 14.5. The van der Waals surface area contributed by atoms with Gasteiger partial charge in [0.2, 0.25) is 0 Å². The van der Waals surface area contributed by atoms with E-state index in [2.05, 4.69) is 0 Å². The van der Waals surface area contributed by atoms with E-state index in [1.165, 1.54) is 24.3 Å². The number of hydrogen-bond donors (Lipinski definition) is 1. The molecule has 2 N–H and O–H groups in total. The molecule has 0 saturated heterocycles. The number of rotatable bonds is 5. The van der Waals surface area contributed by atoms with E-state index in [-0.39, 0.29) is 18.0 Å². The molecule has 0 bridgehead atoms. The van der Waals surface area contributed by atoms with Gasteiger partial charge in [-0.3, -0.25) is 0 Å². The van der Waals surface area contributed by atoms with Crippen molar-refractivity contribution in [2.75, 3.05) is 6.54 Å². The van der Waals surface area contributed by atoms with Crippen molar-refractivity contribution >= 4 is 0 Å². The Bertz CT molecular complexity index is 602. The zero-order valence-corrected chi connectivity index (χ0v) is 10.7. The molecule has 2 rings (SSSR count). The van der Waals surface area contributed by atoms with E-state index in [9.17, 15) is 13.2 Å². The second-order valence-electron chi connectivity index (χ2n) is 4.32. The van der Waals surface area contributed by atoms with Crippen molar-refractivity contribution in [3.05, 3.63) is 65.0 Å². The standard InChI is InChI=1S/C15H14F3NO/c16-12-3-4-15(10(7-12)5-6-19)20-9-11-1-2-13(17)8-14(11)18/h1-4,7-8H,5-6,9,19H2. The highest BCUT2D eigenvalue weighted by Crippen LogP contribution is 2.22. The maximum absolute atomic E-state index is 13.5. The van der Waals surface area contributed by atoms with E-state index in [1.807, 2.05) is 0 Å². The number of halogens is 3. The quantitative estimate of drug-likeness (QED) is 0.913. The van der Waals surface area contributed by atoms with Crippen LogP contribution in [0.5, 0.6) is 5.75 Å². The van der Waals surface area contributed by atoms with Gasteiger partial charge < -0.3 is 10.5 Å². The summed E-state index contributed by atoms with van der Waals surface area (Å²) >= 11 is 0. The molecule has 0 aromatic heterocycles. The molecule has 0 atom stereocenters. The maximum atomic E-state index is 13.5. The van der Waals surface area contributed by atoms with Gasteiger partial charge in [0.15, 0.2) is 0 Å². The average Bonchev–Trinajstić information content (AvgIpc) is 2.40. The van der Waals surface area contributed by atoms with Crippen LogP contribution in [0.25, 0.3) is 0 Å². The smallest absolute Gasteiger partial charge is 0.132 e. The lowest BCUT2D eigenvalue weighted by Crippen LogP contribution is -2.06. The predicted molar refractivity (Wildman–Crippen MR) is 69.8 cm³/mol. The lowest BCUT2D eigenvalue weighted by Gasteiger charge is -2.11. The first kappa shape index (κ1) is 14.4. The fourth-order valence-corrected chi connectivity index (χ4v) is 1.83. The van der Waals surface area contributed by atoms with Gasteiger partial charge in [-0.25, -0.2) is 13.2 Å². The molecular formula is C15H14F3NO. The van der Waals surface area contributed by atoms with E-state index in [4.69, 9.17) is 10.5 Å². The van der Waals surface area contributed by atoms with Crippen molar-refractivity contribution in [3.63, 3.8) is 0 Å². The number of nitrogens with two attached hydrogens (primary N) is 1. The van der Waals surface area contributed by atoms with E-state index >= 15 is 0 Å². The van der Waals surface area contributed by atoms with Crippen molar-refractivity contribution < 1.29 is 17.9 Å². The topological polar surface area (TPSA) is 35.2 Å². The molecule has 20 heavy (non-hydrogen) atoms. The van der Waals surface area contributed by atoms with Crippen LogP contribution >= 0.6 is 0 Å². The third kappa shape index (κ3) is 3.51. The van der Waals surface area contributed by atoms with Crippen LogP contribution in [-0.4, -0.2) is 6.54 Å². The second-order valence-corrected chi connectivity index (χ2v) is 4.32. The second kappa shape index (κ2) is 6.43. The van der Waals surface area contributed by atoms with Crippen LogP contribution in [-0.2, 0) is 13.0 Å². The molecule has 106 valence electrons. The lowest BCUT2D eigenvalue weighted by molar-refractivity contribution is 0.296. The van der Waals surface area contributed by atoms with Crippen LogP contribution in [0.4, 0.5) is 13.2 Å². The summed E-state index contributed by atoms with van der Waals surface area (Å²) in [5, 5.41) is 0. The molecular weight excluding hydrogens is 267 g/mol. The summed E-state index contributed by atoms with van der Waals surface area (Å²) in [5.74, 6) is -1.25. The molecule has 0 unspecified atom stereocenters. The minimum Gasteiger partial charge on any atom is -0.489 e. The number of hydrogen-bond acceptors (Lipinski definition) is 2. The summed E-state index contributed by atoms with van der Waals surface area (Å²) in [7, 11) is 0. The van der Waals surface area contributed by atoms with Crippen molar-refractivity contribution in [2.45, 2.75) is 13.0 Å². The first-order chi connectivity index (χ1) is 9.60. The molecule has 2 nitrogen and oxygen atoms in total. The van der Waals surface area contributed by atoms with Crippen LogP contribution in [0.3, 0.4) is 0 Å². The largest absolute Gasteiger partial charge is 0.489 e. The molecule has 2 aromatic rings. The molecule has 0 amide bonds.